The molecule has 3 nitrogen and oxygen atoms in total. The first-order chi connectivity index (χ1) is 8.18. The SMILES string of the molecule is CC[CH][Si](O[Si](C)(C)C)(O[Si](C)(C)C)O[Si](C)(C)C. The Morgan fingerprint density at radius 3 is 1.05 bits per heavy atom. The third-order valence-corrected chi connectivity index (χ3v) is 13.5. The molecule has 1 radical (unpaired) electrons. The van der Waals surface area contributed by atoms with Crippen molar-refractivity contribution in [3.05, 3.63) is 6.04 Å². The maximum atomic E-state index is 6.47. The molecule has 0 heterocycles. The molecule has 0 aromatic heterocycles. The summed E-state index contributed by atoms with van der Waals surface area (Å²) in [5.41, 5.74) is 0. The largest absolute Gasteiger partial charge is 0.473 e. The molecule has 0 aromatic carbocycles. The Kier molecular flexibility index (Phi) is 6.94. The van der Waals surface area contributed by atoms with E-state index in [0.717, 1.165) is 6.42 Å². The van der Waals surface area contributed by atoms with Crippen LogP contribution < -0.4 is 0 Å². The third kappa shape index (κ3) is 10.2. The fourth-order valence-corrected chi connectivity index (χ4v) is 15.1. The van der Waals surface area contributed by atoms with Crippen molar-refractivity contribution in [3.63, 3.8) is 0 Å². The summed E-state index contributed by atoms with van der Waals surface area (Å²) in [6.45, 7) is 22.0. The van der Waals surface area contributed by atoms with Crippen LogP contribution in [0.2, 0.25) is 58.9 Å². The number of hydrogen-bond acceptors (Lipinski definition) is 3. The van der Waals surface area contributed by atoms with Gasteiger partial charge in [0.15, 0.2) is 25.0 Å². The Morgan fingerprint density at radius 2 is 0.895 bits per heavy atom. The Morgan fingerprint density at radius 1 is 0.632 bits per heavy atom. The van der Waals surface area contributed by atoms with E-state index < -0.39 is 33.8 Å². The van der Waals surface area contributed by atoms with E-state index in [4.69, 9.17) is 12.3 Å². The summed E-state index contributed by atoms with van der Waals surface area (Å²) < 4.78 is 19.4. The van der Waals surface area contributed by atoms with E-state index in [2.05, 4.69) is 71.9 Å². The van der Waals surface area contributed by atoms with Crippen molar-refractivity contribution in [3.8, 4) is 0 Å². The molecular formula is C12H33O3Si4. The minimum atomic E-state index is -2.64. The van der Waals surface area contributed by atoms with Gasteiger partial charge in [0.25, 0.3) is 0 Å². The van der Waals surface area contributed by atoms with E-state index in [0.29, 0.717) is 0 Å². The van der Waals surface area contributed by atoms with Crippen molar-refractivity contribution >= 4 is 33.8 Å². The molecule has 0 atom stereocenters. The summed E-state index contributed by atoms with van der Waals surface area (Å²) in [5, 5.41) is 0. The van der Waals surface area contributed by atoms with Crippen molar-refractivity contribution in [1.29, 1.82) is 0 Å². The van der Waals surface area contributed by atoms with Crippen LogP contribution in [-0.2, 0) is 12.3 Å². The molecule has 0 aliphatic rings. The lowest BCUT2D eigenvalue weighted by atomic mass is 10.6. The zero-order valence-electron chi connectivity index (χ0n) is 14.5. The molecule has 0 N–H and O–H groups in total. The standard InChI is InChI=1S/C12H33O3Si4/c1-11-12-19(13-16(2,3)4,14-17(5,6)7)15-18(8,9)10/h12H,11H2,1-10H3. The average molecular weight is 338 g/mol. The predicted molar refractivity (Wildman–Crippen MR) is 93.6 cm³/mol. The first-order valence-corrected chi connectivity index (χ1v) is 19.2. The van der Waals surface area contributed by atoms with Crippen LogP contribution in [0, 0.1) is 6.04 Å². The molecule has 0 fully saturated rings. The van der Waals surface area contributed by atoms with Crippen LogP contribution in [0.15, 0.2) is 0 Å². The minimum absolute atomic E-state index is 0.936. The van der Waals surface area contributed by atoms with Crippen LogP contribution in [-0.4, -0.2) is 33.8 Å². The highest BCUT2D eigenvalue weighted by molar-refractivity contribution is 6.91. The lowest BCUT2D eigenvalue weighted by molar-refractivity contribution is 0.263. The van der Waals surface area contributed by atoms with Crippen LogP contribution in [0.3, 0.4) is 0 Å². The van der Waals surface area contributed by atoms with Crippen molar-refractivity contribution in [1.82, 2.24) is 0 Å². The fourth-order valence-electron chi connectivity index (χ4n) is 1.72. The van der Waals surface area contributed by atoms with Gasteiger partial charge in [0.2, 0.25) is 0 Å². The van der Waals surface area contributed by atoms with Gasteiger partial charge in [0.1, 0.15) is 0 Å². The van der Waals surface area contributed by atoms with E-state index in [1.54, 1.807) is 0 Å². The average Bonchev–Trinajstić information content (AvgIpc) is 1.90. The Bertz CT molecular complexity index is 235. The van der Waals surface area contributed by atoms with Gasteiger partial charge in [-0.2, -0.15) is 0 Å². The highest BCUT2D eigenvalue weighted by atomic mass is 28.5. The summed E-state index contributed by atoms with van der Waals surface area (Å²) in [6, 6.07) is 2.20. The van der Waals surface area contributed by atoms with Gasteiger partial charge in [0.05, 0.1) is 0 Å². The molecule has 19 heavy (non-hydrogen) atoms. The molecular weight excluding hydrogens is 304 g/mol. The second kappa shape index (κ2) is 6.67. The van der Waals surface area contributed by atoms with Crippen LogP contribution in [0.5, 0.6) is 0 Å². The second-order valence-corrected chi connectivity index (χ2v) is 24.6. The van der Waals surface area contributed by atoms with E-state index in [9.17, 15) is 0 Å². The van der Waals surface area contributed by atoms with E-state index in [1.165, 1.54) is 0 Å². The number of hydrogen-bond donors (Lipinski definition) is 0. The minimum Gasteiger partial charge on any atom is -0.417 e. The molecule has 0 spiro atoms. The quantitative estimate of drug-likeness (QED) is 0.604. The van der Waals surface area contributed by atoms with Crippen LogP contribution >= 0.6 is 0 Å². The van der Waals surface area contributed by atoms with E-state index in [-0.39, 0.29) is 0 Å². The van der Waals surface area contributed by atoms with Gasteiger partial charge in [-0.25, -0.2) is 0 Å². The van der Waals surface area contributed by atoms with Gasteiger partial charge in [0, 0.05) is 6.04 Å². The summed E-state index contributed by atoms with van der Waals surface area (Å²) in [7, 11) is -7.76. The molecule has 0 bridgehead atoms. The third-order valence-electron chi connectivity index (χ3n) is 1.80. The van der Waals surface area contributed by atoms with Gasteiger partial charge < -0.3 is 12.3 Å². The van der Waals surface area contributed by atoms with Gasteiger partial charge in [-0.05, 0) is 65.3 Å². The highest BCUT2D eigenvalue weighted by Crippen LogP contribution is 2.28. The summed E-state index contributed by atoms with van der Waals surface area (Å²) in [5.74, 6) is 0. The van der Waals surface area contributed by atoms with Crippen LogP contribution in [0.1, 0.15) is 13.3 Å². The van der Waals surface area contributed by atoms with E-state index >= 15 is 0 Å². The molecule has 0 aliphatic heterocycles. The Balaban J connectivity index is 5.34. The van der Waals surface area contributed by atoms with Gasteiger partial charge in [-0.1, -0.05) is 6.92 Å². The van der Waals surface area contributed by atoms with E-state index in [1.807, 2.05) is 0 Å². The summed E-state index contributed by atoms with van der Waals surface area (Å²) in [6.07, 6.45) is 0.936. The maximum absolute atomic E-state index is 6.47. The van der Waals surface area contributed by atoms with Gasteiger partial charge in [-0.15, -0.1) is 0 Å². The topological polar surface area (TPSA) is 27.7 Å². The van der Waals surface area contributed by atoms with Crippen molar-refractivity contribution in [2.24, 2.45) is 0 Å². The van der Waals surface area contributed by atoms with Crippen molar-refractivity contribution in [2.45, 2.75) is 72.3 Å². The van der Waals surface area contributed by atoms with Gasteiger partial charge >= 0.3 is 8.80 Å². The van der Waals surface area contributed by atoms with Crippen LogP contribution in [0.25, 0.3) is 0 Å². The number of rotatable bonds is 8. The Hall–Kier alpha value is 0.748. The second-order valence-electron chi connectivity index (χ2n) is 7.86. The lowest BCUT2D eigenvalue weighted by Gasteiger charge is -2.42. The van der Waals surface area contributed by atoms with Crippen LogP contribution in [0.4, 0.5) is 0 Å². The predicted octanol–water partition coefficient (Wildman–Crippen LogP) is 4.63. The molecule has 115 valence electrons. The molecule has 0 saturated heterocycles. The smallest absolute Gasteiger partial charge is 0.417 e. The molecule has 0 aromatic rings. The fraction of sp³-hybridized carbons (Fsp3) is 0.917. The summed E-state index contributed by atoms with van der Waals surface area (Å²) in [4.78, 5) is 0. The van der Waals surface area contributed by atoms with Gasteiger partial charge in [-0.3, -0.25) is 0 Å². The lowest BCUT2D eigenvalue weighted by Crippen LogP contribution is -2.61. The zero-order valence-corrected chi connectivity index (χ0v) is 18.5. The Labute approximate surface area is 124 Å². The molecule has 7 heteroatoms. The first kappa shape index (κ1) is 19.7. The molecule has 0 saturated carbocycles. The molecule has 0 amide bonds. The van der Waals surface area contributed by atoms with Crippen molar-refractivity contribution in [2.75, 3.05) is 0 Å². The monoisotopic (exact) mass is 337 g/mol. The molecule has 0 unspecified atom stereocenters. The normalized spacial score (nSPS) is 14.8. The highest BCUT2D eigenvalue weighted by Gasteiger charge is 2.49. The molecule has 0 rings (SSSR count). The first-order valence-electron chi connectivity index (χ1n) is 7.13. The summed E-state index contributed by atoms with van der Waals surface area (Å²) >= 11 is 0. The van der Waals surface area contributed by atoms with Crippen molar-refractivity contribution < 1.29 is 12.3 Å². The zero-order chi connectivity index (χ0) is 15.5. The maximum Gasteiger partial charge on any atom is 0.473 e. The molecule has 0 aliphatic carbocycles.